The van der Waals surface area contributed by atoms with E-state index in [1.54, 1.807) is 0 Å². The molecule has 0 heteroatoms. The van der Waals surface area contributed by atoms with Gasteiger partial charge in [0.2, 0.25) is 0 Å². The number of allylic oxidation sites excluding steroid dienone is 6. The Morgan fingerprint density at radius 1 is 0.600 bits per heavy atom. The fraction of sp³-hybridized carbons (Fsp3) is 0.400. The molecule has 0 unspecified atom stereocenters. The van der Waals surface area contributed by atoms with E-state index in [-0.39, 0.29) is 0 Å². The highest BCUT2D eigenvalue weighted by molar-refractivity contribution is 5.11. The van der Waals surface area contributed by atoms with Crippen molar-refractivity contribution in [2.45, 2.75) is 25.7 Å². The Balaban J connectivity index is 2.40. The zero-order valence-electron chi connectivity index (χ0n) is 6.29. The van der Waals surface area contributed by atoms with Gasteiger partial charge in [0.25, 0.3) is 0 Å². The third-order valence-corrected chi connectivity index (χ3v) is 1.60. The summed E-state index contributed by atoms with van der Waals surface area (Å²) in [6, 6.07) is 0. The van der Waals surface area contributed by atoms with Crippen LogP contribution in [-0.4, -0.2) is 0 Å². The maximum Gasteiger partial charge on any atom is -0.0347 e. The standard InChI is InChI=1S/C10H14/c1-2-4-6-8-10-9-7-5-3-1/h1-6H,7-10H2/b2-1-,5-3+,6-4+. The van der Waals surface area contributed by atoms with E-state index >= 15 is 0 Å². The van der Waals surface area contributed by atoms with Gasteiger partial charge in [0, 0.05) is 0 Å². The molecule has 1 aliphatic carbocycles. The summed E-state index contributed by atoms with van der Waals surface area (Å²) in [6.07, 6.45) is 18.0. The van der Waals surface area contributed by atoms with Crippen LogP contribution in [0.2, 0.25) is 0 Å². The molecular formula is C10H14. The molecule has 1 rings (SSSR count). The van der Waals surface area contributed by atoms with Gasteiger partial charge in [-0.15, -0.1) is 0 Å². The normalized spacial score (nSPS) is 28.8. The van der Waals surface area contributed by atoms with E-state index < -0.39 is 0 Å². The summed E-state index contributed by atoms with van der Waals surface area (Å²) < 4.78 is 0. The summed E-state index contributed by atoms with van der Waals surface area (Å²) in [5.74, 6) is 0. The Morgan fingerprint density at radius 3 is 1.60 bits per heavy atom. The Kier molecular flexibility index (Phi) is 3.69. The van der Waals surface area contributed by atoms with Gasteiger partial charge in [-0.05, 0) is 25.7 Å². The van der Waals surface area contributed by atoms with E-state index in [2.05, 4.69) is 36.5 Å². The zero-order valence-corrected chi connectivity index (χ0v) is 6.29. The third-order valence-electron chi connectivity index (χ3n) is 1.60. The van der Waals surface area contributed by atoms with Crippen LogP contribution in [0.25, 0.3) is 0 Å². The molecule has 0 spiro atoms. The van der Waals surface area contributed by atoms with Crippen molar-refractivity contribution >= 4 is 0 Å². The van der Waals surface area contributed by atoms with Crippen molar-refractivity contribution in [3.05, 3.63) is 36.5 Å². The molecular weight excluding hydrogens is 120 g/mol. The highest BCUT2D eigenvalue weighted by Gasteiger charge is 1.83. The molecule has 0 heterocycles. The number of rotatable bonds is 0. The molecule has 0 aromatic rings. The quantitative estimate of drug-likeness (QED) is 0.477. The minimum atomic E-state index is 1.23. The first-order valence-corrected chi connectivity index (χ1v) is 3.98. The van der Waals surface area contributed by atoms with Crippen molar-refractivity contribution in [3.63, 3.8) is 0 Å². The topological polar surface area (TPSA) is 0 Å². The Labute approximate surface area is 62.9 Å². The SMILES string of the molecule is C1=C\C=C\CCCC/C=C/1. The van der Waals surface area contributed by atoms with Gasteiger partial charge in [-0.25, -0.2) is 0 Å². The van der Waals surface area contributed by atoms with Crippen molar-refractivity contribution in [1.29, 1.82) is 0 Å². The van der Waals surface area contributed by atoms with Gasteiger partial charge in [-0.3, -0.25) is 0 Å². The molecule has 0 nitrogen and oxygen atoms in total. The molecule has 0 atom stereocenters. The van der Waals surface area contributed by atoms with Gasteiger partial charge < -0.3 is 0 Å². The Morgan fingerprint density at radius 2 is 1.10 bits per heavy atom. The summed E-state index contributed by atoms with van der Waals surface area (Å²) in [5.41, 5.74) is 0. The van der Waals surface area contributed by atoms with Gasteiger partial charge in [0.1, 0.15) is 0 Å². The summed E-state index contributed by atoms with van der Waals surface area (Å²) >= 11 is 0. The average molecular weight is 134 g/mol. The molecule has 0 aliphatic heterocycles. The van der Waals surface area contributed by atoms with Gasteiger partial charge in [-0.1, -0.05) is 36.5 Å². The van der Waals surface area contributed by atoms with E-state index in [0.717, 1.165) is 0 Å². The van der Waals surface area contributed by atoms with Crippen molar-refractivity contribution in [2.24, 2.45) is 0 Å². The predicted molar refractivity (Wildman–Crippen MR) is 45.9 cm³/mol. The van der Waals surface area contributed by atoms with Crippen molar-refractivity contribution < 1.29 is 0 Å². The van der Waals surface area contributed by atoms with Gasteiger partial charge in [-0.2, -0.15) is 0 Å². The van der Waals surface area contributed by atoms with E-state index in [1.165, 1.54) is 25.7 Å². The maximum absolute atomic E-state index is 2.23. The lowest BCUT2D eigenvalue weighted by atomic mass is 10.1. The molecule has 0 N–H and O–H groups in total. The van der Waals surface area contributed by atoms with E-state index in [0.29, 0.717) is 0 Å². The van der Waals surface area contributed by atoms with Gasteiger partial charge >= 0.3 is 0 Å². The van der Waals surface area contributed by atoms with Crippen LogP contribution in [-0.2, 0) is 0 Å². The fourth-order valence-corrected chi connectivity index (χ4v) is 1.00. The summed E-state index contributed by atoms with van der Waals surface area (Å²) in [7, 11) is 0. The molecule has 0 fully saturated rings. The predicted octanol–water partition coefficient (Wildman–Crippen LogP) is 3.23. The van der Waals surface area contributed by atoms with Gasteiger partial charge in [0.15, 0.2) is 0 Å². The van der Waals surface area contributed by atoms with E-state index in [1.807, 2.05) is 0 Å². The first-order chi connectivity index (χ1) is 5.00. The molecule has 54 valence electrons. The highest BCUT2D eigenvalue weighted by atomic mass is 13.9. The van der Waals surface area contributed by atoms with Crippen LogP contribution in [0.1, 0.15) is 25.7 Å². The zero-order chi connectivity index (χ0) is 7.07. The lowest BCUT2D eigenvalue weighted by Crippen LogP contribution is -1.72. The van der Waals surface area contributed by atoms with Crippen molar-refractivity contribution in [2.75, 3.05) is 0 Å². The number of hydrogen-bond donors (Lipinski definition) is 0. The first-order valence-electron chi connectivity index (χ1n) is 3.98. The summed E-state index contributed by atoms with van der Waals surface area (Å²) in [5, 5.41) is 0. The molecule has 0 bridgehead atoms. The molecule has 0 saturated heterocycles. The molecule has 10 heavy (non-hydrogen) atoms. The second-order valence-electron chi connectivity index (χ2n) is 2.53. The third kappa shape index (κ3) is 3.29. The van der Waals surface area contributed by atoms with E-state index in [4.69, 9.17) is 0 Å². The lowest BCUT2D eigenvalue weighted by Gasteiger charge is -1.92. The maximum atomic E-state index is 2.23. The second kappa shape index (κ2) is 5.04. The lowest BCUT2D eigenvalue weighted by molar-refractivity contribution is 0.762. The summed E-state index contributed by atoms with van der Waals surface area (Å²) in [4.78, 5) is 0. The van der Waals surface area contributed by atoms with Crippen LogP contribution < -0.4 is 0 Å². The highest BCUT2D eigenvalue weighted by Crippen LogP contribution is 2.03. The Hall–Kier alpha value is -0.780. The van der Waals surface area contributed by atoms with Crippen LogP contribution in [0.4, 0.5) is 0 Å². The first kappa shape index (κ1) is 7.33. The molecule has 0 amide bonds. The molecule has 0 aromatic heterocycles. The Bertz CT molecular complexity index is 131. The van der Waals surface area contributed by atoms with Crippen molar-refractivity contribution in [3.8, 4) is 0 Å². The minimum absolute atomic E-state index is 1.23. The monoisotopic (exact) mass is 134 g/mol. The fourth-order valence-electron chi connectivity index (χ4n) is 1.00. The van der Waals surface area contributed by atoms with Crippen LogP contribution in [0.5, 0.6) is 0 Å². The van der Waals surface area contributed by atoms with Crippen LogP contribution >= 0.6 is 0 Å². The largest absolute Gasteiger partial charge is 0.0845 e. The molecule has 1 aliphatic rings. The van der Waals surface area contributed by atoms with Crippen molar-refractivity contribution in [1.82, 2.24) is 0 Å². The smallest absolute Gasteiger partial charge is 0.0347 e. The van der Waals surface area contributed by atoms with Crippen LogP contribution in [0.15, 0.2) is 36.5 Å². The van der Waals surface area contributed by atoms with Crippen LogP contribution in [0.3, 0.4) is 0 Å². The second-order valence-corrected chi connectivity index (χ2v) is 2.53. The molecule has 0 radical (unpaired) electrons. The van der Waals surface area contributed by atoms with Crippen LogP contribution in [0, 0.1) is 0 Å². The molecule has 0 aromatic carbocycles. The average Bonchev–Trinajstić information content (AvgIpc) is 2.01. The number of hydrogen-bond acceptors (Lipinski definition) is 0. The molecule has 0 saturated carbocycles. The summed E-state index contributed by atoms with van der Waals surface area (Å²) in [6.45, 7) is 0. The van der Waals surface area contributed by atoms with Gasteiger partial charge in [0.05, 0.1) is 0 Å². The van der Waals surface area contributed by atoms with E-state index in [9.17, 15) is 0 Å². The minimum Gasteiger partial charge on any atom is -0.0845 e.